The molecule has 1 saturated carbocycles. The molecule has 154 valence electrons. The average molecular weight is 404 g/mol. The van der Waals surface area contributed by atoms with E-state index in [1.165, 1.54) is 6.20 Å². The summed E-state index contributed by atoms with van der Waals surface area (Å²) in [6.45, 7) is 1.21. The van der Waals surface area contributed by atoms with E-state index >= 15 is 0 Å². The second-order valence-electron chi connectivity index (χ2n) is 7.49. The number of amides is 2. The van der Waals surface area contributed by atoms with Gasteiger partial charge in [-0.2, -0.15) is 5.10 Å². The Kier molecular flexibility index (Phi) is 4.97. The van der Waals surface area contributed by atoms with E-state index < -0.39 is 24.7 Å². The standard InChI is InChI=1S/C20H22F2N4O3/c1-29-15-5-3-14(4-6-15)24-18(27)16-11-23-26-8-2-7-25(12-17(16)26)19(28)13-9-20(21,22)10-13/h3-6,11,13H,2,7-10,12H2,1H3,(H,24,27). The molecule has 1 aromatic heterocycles. The van der Waals surface area contributed by atoms with Crippen LogP contribution in [0.1, 0.15) is 35.3 Å². The van der Waals surface area contributed by atoms with Crippen molar-refractivity contribution in [1.29, 1.82) is 0 Å². The number of nitrogens with zero attached hydrogens (tertiary/aromatic N) is 3. The van der Waals surface area contributed by atoms with Gasteiger partial charge in [0.1, 0.15) is 5.75 Å². The van der Waals surface area contributed by atoms with Gasteiger partial charge < -0.3 is 15.0 Å². The van der Waals surface area contributed by atoms with Crippen molar-refractivity contribution >= 4 is 17.5 Å². The Labute approximate surface area is 166 Å². The Bertz CT molecular complexity index is 918. The van der Waals surface area contributed by atoms with Crippen LogP contribution in [-0.4, -0.2) is 46.1 Å². The first-order chi connectivity index (χ1) is 13.9. The van der Waals surface area contributed by atoms with Crippen molar-refractivity contribution in [2.45, 2.75) is 38.3 Å². The lowest BCUT2D eigenvalue weighted by Gasteiger charge is -2.36. The fraction of sp³-hybridized carbons (Fsp3) is 0.450. The molecule has 2 aliphatic rings. The quantitative estimate of drug-likeness (QED) is 0.850. The Morgan fingerprint density at radius 2 is 1.93 bits per heavy atom. The van der Waals surface area contributed by atoms with Gasteiger partial charge in [-0.3, -0.25) is 14.3 Å². The lowest BCUT2D eigenvalue weighted by atomic mass is 9.80. The van der Waals surface area contributed by atoms with Crippen LogP contribution in [-0.2, 0) is 17.9 Å². The molecule has 9 heteroatoms. The van der Waals surface area contributed by atoms with Gasteiger partial charge in [0.2, 0.25) is 11.8 Å². The minimum atomic E-state index is -2.74. The van der Waals surface area contributed by atoms with Crippen LogP contribution in [0.25, 0.3) is 0 Å². The second-order valence-corrected chi connectivity index (χ2v) is 7.49. The zero-order valence-electron chi connectivity index (χ0n) is 16.0. The minimum absolute atomic E-state index is 0.187. The van der Waals surface area contributed by atoms with Gasteiger partial charge in [0.05, 0.1) is 31.1 Å². The number of benzene rings is 1. The van der Waals surface area contributed by atoms with Crippen molar-refractivity contribution in [2.24, 2.45) is 5.92 Å². The molecule has 1 aromatic carbocycles. The van der Waals surface area contributed by atoms with E-state index in [4.69, 9.17) is 4.74 Å². The molecule has 29 heavy (non-hydrogen) atoms. The van der Waals surface area contributed by atoms with Crippen molar-refractivity contribution in [3.8, 4) is 5.75 Å². The summed E-state index contributed by atoms with van der Waals surface area (Å²) in [6, 6.07) is 6.93. The molecule has 2 heterocycles. The van der Waals surface area contributed by atoms with E-state index in [9.17, 15) is 18.4 Å². The van der Waals surface area contributed by atoms with E-state index in [0.717, 1.165) is 0 Å². The monoisotopic (exact) mass is 404 g/mol. The lowest BCUT2D eigenvalue weighted by molar-refractivity contribution is -0.160. The van der Waals surface area contributed by atoms with Crippen molar-refractivity contribution in [3.63, 3.8) is 0 Å². The normalized spacial score (nSPS) is 18.4. The maximum absolute atomic E-state index is 13.2. The fourth-order valence-corrected chi connectivity index (χ4v) is 3.79. The van der Waals surface area contributed by atoms with E-state index in [1.54, 1.807) is 41.0 Å². The number of methoxy groups -OCH3 is 1. The van der Waals surface area contributed by atoms with Gasteiger partial charge in [-0.1, -0.05) is 0 Å². The molecular weight excluding hydrogens is 382 g/mol. The highest BCUT2D eigenvalue weighted by molar-refractivity contribution is 6.05. The fourth-order valence-electron chi connectivity index (χ4n) is 3.79. The first-order valence-corrected chi connectivity index (χ1v) is 9.53. The number of halogens is 2. The third-order valence-corrected chi connectivity index (χ3v) is 5.43. The first-order valence-electron chi connectivity index (χ1n) is 9.53. The molecule has 0 unspecified atom stereocenters. The van der Waals surface area contributed by atoms with E-state index in [2.05, 4.69) is 10.4 Å². The van der Waals surface area contributed by atoms with Gasteiger partial charge in [0.15, 0.2) is 0 Å². The van der Waals surface area contributed by atoms with Gasteiger partial charge in [-0.05, 0) is 30.7 Å². The summed E-state index contributed by atoms with van der Waals surface area (Å²) >= 11 is 0. The van der Waals surface area contributed by atoms with Crippen LogP contribution in [0, 0.1) is 5.92 Å². The molecule has 0 saturated heterocycles. The molecule has 0 bridgehead atoms. The predicted molar refractivity (Wildman–Crippen MR) is 101 cm³/mol. The van der Waals surface area contributed by atoms with Crippen LogP contribution < -0.4 is 10.1 Å². The smallest absolute Gasteiger partial charge is 0.259 e. The number of alkyl halides is 2. The summed E-state index contributed by atoms with van der Waals surface area (Å²) < 4.78 is 33.1. The van der Waals surface area contributed by atoms with Crippen LogP contribution in [0.3, 0.4) is 0 Å². The van der Waals surface area contributed by atoms with Crippen LogP contribution in [0.4, 0.5) is 14.5 Å². The van der Waals surface area contributed by atoms with Crippen LogP contribution in [0.2, 0.25) is 0 Å². The summed E-state index contributed by atoms with van der Waals surface area (Å²) in [5.74, 6) is -3.31. The highest BCUT2D eigenvalue weighted by atomic mass is 19.3. The van der Waals surface area contributed by atoms with Crippen LogP contribution in [0.5, 0.6) is 5.75 Å². The Morgan fingerprint density at radius 1 is 1.21 bits per heavy atom. The molecule has 0 atom stereocenters. The van der Waals surface area contributed by atoms with Gasteiger partial charge in [0, 0.05) is 37.5 Å². The number of ether oxygens (including phenoxy) is 1. The average Bonchev–Trinajstić information content (AvgIpc) is 2.96. The molecule has 2 amide bonds. The summed E-state index contributed by atoms with van der Waals surface area (Å²) in [6.07, 6.45) is 1.35. The summed E-state index contributed by atoms with van der Waals surface area (Å²) in [5, 5.41) is 7.10. The number of aromatic nitrogens is 2. The number of carbonyl (C=O) groups excluding carboxylic acids is 2. The maximum Gasteiger partial charge on any atom is 0.259 e. The first kappa shape index (κ1) is 19.4. The number of carbonyl (C=O) groups is 2. The molecule has 1 N–H and O–H groups in total. The van der Waals surface area contributed by atoms with Crippen molar-refractivity contribution < 1.29 is 23.1 Å². The minimum Gasteiger partial charge on any atom is -0.497 e. The molecule has 1 aliphatic carbocycles. The van der Waals surface area contributed by atoms with E-state index in [1.807, 2.05) is 0 Å². The topological polar surface area (TPSA) is 76.5 Å². The maximum atomic E-state index is 13.2. The second kappa shape index (κ2) is 7.46. The molecule has 7 nitrogen and oxygen atoms in total. The molecule has 2 aromatic rings. The molecule has 4 rings (SSSR count). The largest absolute Gasteiger partial charge is 0.497 e. The van der Waals surface area contributed by atoms with Crippen molar-refractivity contribution in [2.75, 3.05) is 19.0 Å². The lowest BCUT2D eigenvalue weighted by Crippen LogP contribution is -2.46. The molecule has 1 aliphatic heterocycles. The Hall–Kier alpha value is -2.97. The highest BCUT2D eigenvalue weighted by Crippen LogP contribution is 2.43. The number of hydrogen-bond donors (Lipinski definition) is 1. The third-order valence-electron chi connectivity index (χ3n) is 5.43. The zero-order chi connectivity index (χ0) is 20.6. The summed E-state index contributed by atoms with van der Waals surface area (Å²) in [5.41, 5.74) is 1.60. The number of nitrogens with one attached hydrogen (secondary N) is 1. The summed E-state index contributed by atoms with van der Waals surface area (Å²) in [4.78, 5) is 27.0. The number of rotatable bonds is 4. The SMILES string of the molecule is COc1ccc(NC(=O)c2cnn3c2CN(C(=O)C2CC(F)(F)C2)CCC3)cc1. The van der Waals surface area contributed by atoms with Crippen LogP contribution >= 0.6 is 0 Å². The number of aryl methyl sites for hydroxylation is 1. The molecule has 0 radical (unpaired) electrons. The van der Waals surface area contributed by atoms with Crippen molar-refractivity contribution in [3.05, 3.63) is 41.7 Å². The van der Waals surface area contributed by atoms with E-state index in [0.29, 0.717) is 42.2 Å². The summed E-state index contributed by atoms with van der Waals surface area (Å²) in [7, 11) is 1.56. The van der Waals surface area contributed by atoms with Gasteiger partial charge in [-0.15, -0.1) is 0 Å². The van der Waals surface area contributed by atoms with Gasteiger partial charge in [-0.25, -0.2) is 8.78 Å². The predicted octanol–water partition coefficient (Wildman–Crippen LogP) is 2.92. The third kappa shape index (κ3) is 3.94. The number of fused-ring (bicyclic) bond motifs is 1. The molecular formula is C20H22F2N4O3. The highest BCUT2D eigenvalue weighted by Gasteiger charge is 2.50. The molecule has 1 fully saturated rings. The van der Waals surface area contributed by atoms with E-state index in [-0.39, 0.29) is 18.4 Å². The zero-order valence-corrected chi connectivity index (χ0v) is 16.0. The number of anilines is 1. The molecule has 0 spiro atoms. The van der Waals surface area contributed by atoms with Crippen molar-refractivity contribution in [1.82, 2.24) is 14.7 Å². The Morgan fingerprint density at radius 3 is 2.59 bits per heavy atom. The number of hydrogen-bond acceptors (Lipinski definition) is 4. The van der Waals surface area contributed by atoms with Gasteiger partial charge >= 0.3 is 0 Å². The van der Waals surface area contributed by atoms with Crippen LogP contribution in [0.15, 0.2) is 30.5 Å². The Balaban J connectivity index is 1.49. The van der Waals surface area contributed by atoms with Gasteiger partial charge in [0.25, 0.3) is 5.91 Å².